The van der Waals surface area contributed by atoms with E-state index in [2.05, 4.69) is 25.9 Å². The minimum absolute atomic E-state index is 0.00290. The smallest absolute Gasteiger partial charge is 0.254 e. The summed E-state index contributed by atoms with van der Waals surface area (Å²) in [5.41, 5.74) is 5.74. The monoisotopic (exact) mass is 362 g/mol. The van der Waals surface area contributed by atoms with Crippen LogP contribution in [0.4, 0.5) is 11.8 Å². The van der Waals surface area contributed by atoms with Crippen LogP contribution in [0.1, 0.15) is 63.7 Å². The molecule has 8 nitrogen and oxygen atoms in total. The van der Waals surface area contributed by atoms with Crippen LogP contribution in [-0.2, 0) is 4.79 Å². The van der Waals surface area contributed by atoms with Crippen LogP contribution in [0.15, 0.2) is 6.20 Å². The quantitative estimate of drug-likeness (QED) is 0.587. The highest BCUT2D eigenvalue weighted by Gasteiger charge is 2.24. The number of rotatable bonds is 7. The molecule has 1 aliphatic carbocycles. The molecule has 0 unspecified atom stereocenters. The first-order valence-electron chi connectivity index (χ1n) is 9.26. The second-order valence-corrected chi connectivity index (χ2v) is 7.48. The SMILES string of the molecule is CC(C)Nc1ncc(C(N)=O)c(N[C@H]2CC[C@H](NC(=O)C(C)C)CC2)n1. The molecule has 1 saturated carbocycles. The van der Waals surface area contributed by atoms with Crippen LogP contribution in [0.2, 0.25) is 0 Å². The molecule has 0 aromatic carbocycles. The van der Waals surface area contributed by atoms with E-state index in [0.29, 0.717) is 11.8 Å². The summed E-state index contributed by atoms with van der Waals surface area (Å²) in [6.07, 6.45) is 5.02. The average molecular weight is 362 g/mol. The highest BCUT2D eigenvalue weighted by molar-refractivity contribution is 5.97. The zero-order chi connectivity index (χ0) is 19.3. The summed E-state index contributed by atoms with van der Waals surface area (Å²) in [4.78, 5) is 32.1. The predicted octanol–water partition coefficient (Wildman–Crippen LogP) is 1.89. The van der Waals surface area contributed by atoms with Crippen LogP contribution < -0.4 is 21.7 Å². The molecule has 2 rings (SSSR count). The first-order valence-corrected chi connectivity index (χ1v) is 9.26. The van der Waals surface area contributed by atoms with E-state index >= 15 is 0 Å². The summed E-state index contributed by atoms with van der Waals surface area (Å²) in [5.74, 6) is 0.465. The number of nitrogens with zero attached hydrogens (tertiary/aromatic N) is 2. The number of aromatic nitrogens is 2. The average Bonchev–Trinajstić information content (AvgIpc) is 2.56. The maximum Gasteiger partial charge on any atom is 0.254 e. The second-order valence-electron chi connectivity index (χ2n) is 7.48. The molecule has 1 fully saturated rings. The molecule has 8 heteroatoms. The van der Waals surface area contributed by atoms with Crippen molar-refractivity contribution in [3.8, 4) is 0 Å². The van der Waals surface area contributed by atoms with Gasteiger partial charge in [-0.2, -0.15) is 4.98 Å². The number of carbonyl (C=O) groups excluding carboxylic acids is 2. The molecule has 0 radical (unpaired) electrons. The minimum atomic E-state index is -0.554. The normalized spacial score (nSPS) is 20.1. The molecule has 144 valence electrons. The van der Waals surface area contributed by atoms with Gasteiger partial charge in [-0.15, -0.1) is 0 Å². The fraction of sp³-hybridized carbons (Fsp3) is 0.667. The van der Waals surface area contributed by atoms with E-state index in [-0.39, 0.29) is 35.5 Å². The number of hydrogen-bond acceptors (Lipinski definition) is 6. The maximum absolute atomic E-state index is 11.8. The molecule has 2 amide bonds. The van der Waals surface area contributed by atoms with E-state index in [9.17, 15) is 9.59 Å². The van der Waals surface area contributed by atoms with Gasteiger partial charge in [0.15, 0.2) is 0 Å². The molecule has 0 spiro atoms. The van der Waals surface area contributed by atoms with Gasteiger partial charge >= 0.3 is 0 Å². The van der Waals surface area contributed by atoms with Gasteiger partial charge in [-0.05, 0) is 39.5 Å². The Morgan fingerprint density at radius 2 is 1.73 bits per heavy atom. The summed E-state index contributed by atoms with van der Waals surface area (Å²) >= 11 is 0. The van der Waals surface area contributed by atoms with Gasteiger partial charge in [-0.25, -0.2) is 4.98 Å². The Labute approximate surface area is 154 Å². The van der Waals surface area contributed by atoms with Crippen LogP contribution >= 0.6 is 0 Å². The van der Waals surface area contributed by atoms with Gasteiger partial charge in [0.1, 0.15) is 5.82 Å². The minimum Gasteiger partial charge on any atom is -0.367 e. The van der Waals surface area contributed by atoms with Gasteiger partial charge in [-0.3, -0.25) is 9.59 Å². The number of primary amides is 1. The van der Waals surface area contributed by atoms with Crippen LogP contribution in [-0.4, -0.2) is 39.9 Å². The van der Waals surface area contributed by atoms with Gasteiger partial charge < -0.3 is 21.7 Å². The molecule has 1 heterocycles. The van der Waals surface area contributed by atoms with Crippen molar-refractivity contribution in [2.45, 2.75) is 71.5 Å². The topological polar surface area (TPSA) is 122 Å². The lowest BCUT2D eigenvalue weighted by Crippen LogP contribution is -2.42. The van der Waals surface area contributed by atoms with E-state index in [0.717, 1.165) is 25.7 Å². The zero-order valence-corrected chi connectivity index (χ0v) is 16.0. The lowest BCUT2D eigenvalue weighted by Gasteiger charge is -2.30. The third-order valence-corrected chi connectivity index (χ3v) is 4.41. The number of hydrogen-bond donors (Lipinski definition) is 4. The number of anilines is 2. The summed E-state index contributed by atoms with van der Waals surface area (Å²) < 4.78 is 0. The Kier molecular flexibility index (Phi) is 6.76. The summed E-state index contributed by atoms with van der Waals surface area (Å²) in [5, 5.41) is 9.55. The van der Waals surface area contributed by atoms with Crippen molar-refractivity contribution in [3.63, 3.8) is 0 Å². The molecule has 1 aromatic rings. The first-order chi connectivity index (χ1) is 12.3. The van der Waals surface area contributed by atoms with Crippen molar-refractivity contribution < 1.29 is 9.59 Å². The van der Waals surface area contributed by atoms with Gasteiger partial charge in [0.25, 0.3) is 5.91 Å². The van der Waals surface area contributed by atoms with E-state index in [4.69, 9.17) is 5.73 Å². The molecule has 0 aliphatic heterocycles. The standard InChI is InChI=1S/C18H30N6O2/c1-10(2)17(26)23-13-7-5-12(6-8-13)22-16-14(15(19)25)9-20-18(24-16)21-11(3)4/h9-13H,5-8H2,1-4H3,(H2,19,25)(H,23,26)(H2,20,21,22,24)/t12-,13-. The molecular formula is C18H30N6O2. The van der Waals surface area contributed by atoms with E-state index in [1.165, 1.54) is 6.20 Å². The number of nitrogens with one attached hydrogen (secondary N) is 3. The van der Waals surface area contributed by atoms with Crippen LogP contribution in [0.5, 0.6) is 0 Å². The first kappa shape index (κ1) is 19.9. The van der Waals surface area contributed by atoms with Crippen molar-refractivity contribution in [2.75, 3.05) is 10.6 Å². The summed E-state index contributed by atoms with van der Waals surface area (Å²) in [7, 11) is 0. The largest absolute Gasteiger partial charge is 0.367 e. The van der Waals surface area contributed by atoms with Crippen molar-refractivity contribution >= 4 is 23.6 Å². The van der Waals surface area contributed by atoms with E-state index in [1.54, 1.807) is 0 Å². The number of amides is 2. The highest BCUT2D eigenvalue weighted by atomic mass is 16.2. The Bertz CT molecular complexity index is 639. The Hall–Kier alpha value is -2.38. The molecular weight excluding hydrogens is 332 g/mol. The molecule has 1 aromatic heterocycles. The molecule has 5 N–H and O–H groups in total. The maximum atomic E-state index is 11.8. The van der Waals surface area contributed by atoms with E-state index < -0.39 is 5.91 Å². The molecule has 0 atom stereocenters. The van der Waals surface area contributed by atoms with Crippen LogP contribution in [0.3, 0.4) is 0 Å². The third-order valence-electron chi connectivity index (χ3n) is 4.41. The molecule has 1 aliphatic rings. The third kappa shape index (κ3) is 5.57. The van der Waals surface area contributed by atoms with Crippen LogP contribution in [0, 0.1) is 5.92 Å². The highest BCUT2D eigenvalue weighted by Crippen LogP contribution is 2.24. The van der Waals surface area contributed by atoms with E-state index in [1.807, 2.05) is 27.7 Å². The lowest BCUT2D eigenvalue weighted by atomic mass is 9.90. The van der Waals surface area contributed by atoms with Crippen molar-refractivity contribution in [1.82, 2.24) is 15.3 Å². The molecule has 26 heavy (non-hydrogen) atoms. The van der Waals surface area contributed by atoms with Crippen molar-refractivity contribution in [2.24, 2.45) is 11.7 Å². The van der Waals surface area contributed by atoms with Gasteiger partial charge in [0.2, 0.25) is 11.9 Å². The number of nitrogens with two attached hydrogens (primary N) is 1. The van der Waals surface area contributed by atoms with Gasteiger partial charge in [-0.1, -0.05) is 13.8 Å². The summed E-state index contributed by atoms with van der Waals surface area (Å²) in [6, 6.07) is 0.575. The number of carbonyl (C=O) groups is 2. The fourth-order valence-electron chi connectivity index (χ4n) is 2.94. The second kappa shape index (κ2) is 8.82. The fourth-order valence-corrected chi connectivity index (χ4v) is 2.94. The van der Waals surface area contributed by atoms with Crippen LogP contribution in [0.25, 0.3) is 0 Å². The Morgan fingerprint density at radius 1 is 1.12 bits per heavy atom. The Morgan fingerprint density at radius 3 is 2.27 bits per heavy atom. The van der Waals surface area contributed by atoms with Gasteiger partial charge in [0.05, 0.1) is 5.56 Å². The molecule has 0 bridgehead atoms. The zero-order valence-electron chi connectivity index (χ0n) is 16.0. The summed E-state index contributed by atoms with van der Waals surface area (Å²) in [6.45, 7) is 7.77. The molecule has 0 saturated heterocycles. The van der Waals surface area contributed by atoms with Crippen molar-refractivity contribution in [3.05, 3.63) is 11.8 Å². The predicted molar refractivity (Wildman–Crippen MR) is 102 cm³/mol. The Balaban J connectivity index is 2.00. The lowest BCUT2D eigenvalue weighted by molar-refractivity contribution is -0.124. The van der Waals surface area contributed by atoms with Crippen molar-refractivity contribution in [1.29, 1.82) is 0 Å². The van der Waals surface area contributed by atoms with Gasteiger partial charge in [0, 0.05) is 30.2 Å².